The van der Waals surface area contributed by atoms with E-state index in [-0.39, 0.29) is 5.91 Å². The van der Waals surface area contributed by atoms with E-state index >= 15 is 0 Å². The van der Waals surface area contributed by atoms with E-state index in [2.05, 4.69) is 22.8 Å². The Morgan fingerprint density at radius 3 is 3.16 bits per heavy atom. The number of aryl methyl sites for hydroxylation is 1. The molecule has 1 aliphatic heterocycles. The number of benzene rings is 1. The van der Waals surface area contributed by atoms with Crippen molar-refractivity contribution in [3.63, 3.8) is 0 Å². The standard InChI is InChI=1S/C15H16N2OS/c18-15(10-13-4-2-8-19-13)17-12-5-6-14-11(9-12)3-1-7-16-14/h2,4-6,8-9,16H,1,3,7,10H2,(H,17,18). The maximum Gasteiger partial charge on any atom is 0.229 e. The van der Waals surface area contributed by atoms with Gasteiger partial charge in [0.25, 0.3) is 0 Å². The van der Waals surface area contributed by atoms with E-state index < -0.39 is 0 Å². The molecule has 1 amide bonds. The van der Waals surface area contributed by atoms with Crippen molar-refractivity contribution in [3.8, 4) is 0 Å². The van der Waals surface area contributed by atoms with Crippen LogP contribution in [0.15, 0.2) is 35.7 Å². The van der Waals surface area contributed by atoms with E-state index in [4.69, 9.17) is 0 Å². The highest BCUT2D eigenvalue weighted by Crippen LogP contribution is 2.25. The quantitative estimate of drug-likeness (QED) is 0.900. The maximum absolute atomic E-state index is 11.9. The van der Waals surface area contributed by atoms with Crippen molar-refractivity contribution in [1.29, 1.82) is 0 Å². The van der Waals surface area contributed by atoms with Gasteiger partial charge in [-0.1, -0.05) is 6.07 Å². The van der Waals surface area contributed by atoms with Crippen molar-refractivity contribution in [3.05, 3.63) is 46.2 Å². The van der Waals surface area contributed by atoms with Crippen molar-refractivity contribution >= 4 is 28.6 Å². The molecule has 2 heterocycles. The van der Waals surface area contributed by atoms with E-state index in [0.717, 1.165) is 30.0 Å². The first-order valence-corrected chi connectivity index (χ1v) is 7.38. The lowest BCUT2D eigenvalue weighted by molar-refractivity contribution is -0.115. The number of rotatable bonds is 3. The van der Waals surface area contributed by atoms with Crippen LogP contribution in [0.5, 0.6) is 0 Å². The Labute approximate surface area is 116 Å². The second kappa shape index (κ2) is 5.45. The number of carbonyl (C=O) groups is 1. The molecule has 1 aliphatic rings. The summed E-state index contributed by atoms with van der Waals surface area (Å²) in [7, 11) is 0. The Balaban J connectivity index is 1.67. The zero-order chi connectivity index (χ0) is 13.1. The molecule has 0 spiro atoms. The Bertz CT molecular complexity index is 578. The van der Waals surface area contributed by atoms with Crippen LogP contribution < -0.4 is 10.6 Å². The van der Waals surface area contributed by atoms with Crippen LogP contribution >= 0.6 is 11.3 Å². The molecule has 0 saturated carbocycles. The minimum Gasteiger partial charge on any atom is -0.385 e. The summed E-state index contributed by atoms with van der Waals surface area (Å²) in [5, 5.41) is 8.33. The fourth-order valence-corrected chi connectivity index (χ4v) is 3.03. The molecule has 1 aromatic heterocycles. The molecule has 1 aromatic carbocycles. The molecule has 2 aromatic rings. The summed E-state index contributed by atoms with van der Waals surface area (Å²) >= 11 is 1.61. The van der Waals surface area contributed by atoms with Crippen molar-refractivity contribution in [2.45, 2.75) is 19.3 Å². The van der Waals surface area contributed by atoms with Gasteiger partial charge in [-0.3, -0.25) is 4.79 Å². The van der Waals surface area contributed by atoms with Gasteiger partial charge >= 0.3 is 0 Å². The average Bonchev–Trinajstić information content (AvgIpc) is 2.91. The molecule has 0 aliphatic carbocycles. The second-order valence-corrected chi connectivity index (χ2v) is 5.74. The van der Waals surface area contributed by atoms with Gasteiger partial charge in [-0.25, -0.2) is 0 Å². The highest BCUT2D eigenvalue weighted by molar-refractivity contribution is 7.10. The molecule has 4 heteroatoms. The Hall–Kier alpha value is -1.81. The van der Waals surface area contributed by atoms with Gasteiger partial charge in [0.2, 0.25) is 5.91 Å². The van der Waals surface area contributed by atoms with E-state index in [0.29, 0.717) is 6.42 Å². The van der Waals surface area contributed by atoms with Crippen molar-refractivity contribution < 1.29 is 4.79 Å². The molecule has 0 saturated heterocycles. The SMILES string of the molecule is O=C(Cc1cccs1)Nc1ccc2c(c1)CCCN2. The van der Waals surface area contributed by atoms with Gasteiger partial charge in [0.05, 0.1) is 6.42 Å². The number of amides is 1. The highest BCUT2D eigenvalue weighted by Gasteiger charge is 2.10. The largest absolute Gasteiger partial charge is 0.385 e. The van der Waals surface area contributed by atoms with Crippen LogP contribution in [-0.4, -0.2) is 12.5 Å². The molecule has 0 fully saturated rings. The molecule has 0 radical (unpaired) electrons. The fourth-order valence-electron chi connectivity index (χ4n) is 2.33. The third kappa shape index (κ3) is 2.96. The molecule has 0 bridgehead atoms. The monoisotopic (exact) mass is 272 g/mol. The molecular formula is C15H16N2OS. The van der Waals surface area contributed by atoms with Gasteiger partial charge in [0, 0.05) is 22.8 Å². The van der Waals surface area contributed by atoms with Crippen LogP contribution in [0.1, 0.15) is 16.9 Å². The van der Waals surface area contributed by atoms with Crippen LogP contribution in [0.3, 0.4) is 0 Å². The van der Waals surface area contributed by atoms with Gasteiger partial charge in [-0.15, -0.1) is 11.3 Å². The number of anilines is 2. The Kier molecular flexibility index (Phi) is 3.51. The highest BCUT2D eigenvalue weighted by atomic mass is 32.1. The summed E-state index contributed by atoms with van der Waals surface area (Å²) in [6.07, 6.45) is 2.68. The first-order valence-electron chi connectivity index (χ1n) is 6.50. The number of thiophene rings is 1. The zero-order valence-electron chi connectivity index (χ0n) is 10.6. The third-order valence-corrected chi connectivity index (χ3v) is 4.12. The summed E-state index contributed by atoms with van der Waals surface area (Å²) in [5.41, 5.74) is 3.38. The molecule has 3 nitrogen and oxygen atoms in total. The van der Waals surface area contributed by atoms with Gasteiger partial charge in [-0.05, 0) is 48.1 Å². The lowest BCUT2D eigenvalue weighted by Gasteiger charge is -2.18. The molecule has 19 heavy (non-hydrogen) atoms. The first kappa shape index (κ1) is 12.2. The first-order chi connectivity index (χ1) is 9.31. The van der Waals surface area contributed by atoms with E-state index in [1.54, 1.807) is 11.3 Å². The maximum atomic E-state index is 11.9. The zero-order valence-corrected chi connectivity index (χ0v) is 11.4. The van der Waals surface area contributed by atoms with Gasteiger partial charge < -0.3 is 10.6 Å². The summed E-state index contributed by atoms with van der Waals surface area (Å²) in [4.78, 5) is 13.0. The number of nitrogens with one attached hydrogen (secondary N) is 2. The average molecular weight is 272 g/mol. The molecule has 0 atom stereocenters. The summed E-state index contributed by atoms with van der Waals surface area (Å²) in [6.45, 7) is 1.04. The fraction of sp³-hybridized carbons (Fsp3) is 0.267. The van der Waals surface area contributed by atoms with Gasteiger partial charge in [0.15, 0.2) is 0 Å². The van der Waals surface area contributed by atoms with Gasteiger partial charge in [0.1, 0.15) is 0 Å². The normalized spacial score (nSPS) is 13.5. The topological polar surface area (TPSA) is 41.1 Å². The van der Waals surface area contributed by atoms with Crippen LogP contribution in [0.4, 0.5) is 11.4 Å². The summed E-state index contributed by atoms with van der Waals surface area (Å²) in [5.74, 6) is 0.0474. The molecule has 0 unspecified atom stereocenters. The van der Waals surface area contributed by atoms with Crippen LogP contribution in [0, 0.1) is 0 Å². The predicted molar refractivity (Wildman–Crippen MR) is 79.9 cm³/mol. The van der Waals surface area contributed by atoms with E-state index in [9.17, 15) is 4.79 Å². The van der Waals surface area contributed by atoms with Crippen molar-refractivity contribution in [1.82, 2.24) is 0 Å². The Morgan fingerprint density at radius 1 is 1.37 bits per heavy atom. The molecular weight excluding hydrogens is 256 g/mol. The summed E-state index contributed by atoms with van der Waals surface area (Å²) in [6, 6.07) is 10.0. The molecule has 98 valence electrons. The van der Waals surface area contributed by atoms with Crippen molar-refractivity contribution in [2.24, 2.45) is 0 Å². The van der Waals surface area contributed by atoms with Crippen LogP contribution in [-0.2, 0) is 17.6 Å². The smallest absolute Gasteiger partial charge is 0.229 e. The molecule has 2 N–H and O–H groups in total. The minimum absolute atomic E-state index is 0.0474. The van der Waals surface area contributed by atoms with Crippen LogP contribution in [0.25, 0.3) is 0 Å². The van der Waals surface area contributed by atoms with E-state index in [1.165, 1.54) is 11.3 Å². The van der Waals surface area contributed by atoms with Crippen molar-refractivity contribution in [2.75, 3.05) is 17.2 Å². The second-order valence-electron chi connectivity index (χ2n) is 4.71. The lowest BCUT2D eigenvalue weighted by atomic mass is 10.0. The number of fused-ring (bicyclic) bond motifs is 1. The Morgan fingerprint density at radius 2 is 2.32 bits per heavy atom. The number of carbonyl (C=O) groups excluding carboxylic acids is 1. The van der Waals surface area contributed by atoms with Crippen LogP contribution in [0.2, 0.25) is 0 Å². The molecule has 3 rings (SSSR count). The van der Waals surface area contributed by atoms with E-state index in [1.807, 2.05) is 23.6 Å². The lowest BCUT2D eigenvalue weighted by Crippen LogP contribution is -2.15. The minimum atomic E-state index is 0.0474. The summed E-state index contributed by atoms with van der Waals surface area (Å²) < 4.78 is 0. The van der Waals surface area contributed by atoms with Gasteiger partial charge in [-0.2, -0.15) is 0 Å². The number of hydrogen-bond acceptors (Lipinski definition) is 3. The predicted octanol–water partition coefficient (Wildman–Crippen LogP) is 3.29. The number of hydrogen-bond donors (Lipinski definition) is 2. The third-order valence-electron chi connectivity index (χ3n) is 3.24.